The molecule has 0 atom stereocenters. The Balaban J connectivity index is 1.65. The standard InChI is InChI=1S/C19H17FN6O/c1-12-3-8-15(20)16(9-12)23-18-17-19(22-11-21-18)26(25-24-17)10-13-4-6-14(27-2)7-5-13/h3-9,11H,10H2,1-2H3,(H,21,22,23). The van der Waals surface area contributed by atoms with Crippen LogP contribution in [0.1, 0.15) is 11.1 Å². The molecule has 0 saturated heterocycles. The van der Waals surface area contributed by atoms with Gasteiger partial charge in [-0.05, 0) is 42.3 Å². The molecule has 0 spiro atoms. The molecule has 0 bridgehead atoms. The molecule has 0 saturated carbocycles. The summed E-state index contributed by atoms with van der Waals surface area (Å²) in [6, 6.07) is 12.5. The molecule has 4 aromatic rings. The SMILES string of the molecule is COc1ccc(Cn2nnc3c(Nc4cc(C)ccc4F)ncnc32)cc1. The summed E-state index contributed by atoms with van der Waals surface area (Å²) < 4.78 is 20.9. The van der Waals surface area contributed by atoms with Gasteiger partial charge in [-0.25, -0.2) is 19.0 Å². The van der Waals surface area contributed by atoms with Gasteiger partial charge in [0.2, 0.25) is 0 Å². The topological polar surface area (TPSA) is 77.8 Å². The van der Waals surface area contributed by atoms with Gasteiger partial charge >= 0.3 is 0 Å². The van der Waals surface area contributed by atoms with Crippen LogP contribution >= 0.6 is 0 Å². The van der Waals surface area contributed by atoms with Crippen molar-refractivity contribution in [2.75, 3.05) is 12.4 Å². The molecule has 136 valence electrons. The van der Waals surface area contributed by atoms with E-state index in [9.17, 15) is 4.39 Å². The average molecular weight is 364 g/mol. The first-order chi connectivity index (χ1) is 13.1. The van der Waals surface area contributed by atoms with Gasteiger partial charge in [-0.2, -0.15) is 0 Å². The molecule has 2 aromatic heterocycles. The first-order valence-electron chi connectivity index (χ1n) is 8.34. The Morgan fingerprint density at radius 1 is 1.11 bits per heavy atom. The molecular weight excluding hydrogens is 347 g/mol. The van der Waals surface area contributed by atoms with E-state index in [1.54, 1.807) is 23.9 Å². The van der Waals surface area contributed by atoms with Crippen molar-refractivity contribution in [1.29, 1.82) is 0 Å². The molecule has 2 heterocycles. The second-order valence-electron chi connectivity index (χ2n) is 6.10. The molecule has 2 aromatic carbocycles. The zero-order valence-electron chi connectivity index (χ0n) is 14.8. The smallest absolute Gasteiger partial charge is 0.184 e. The molecule has 0 amide bonds. The van der Waals surface area contributed by atoms with Crippen molar-refractivity contribution in [3.05, 3.63) is 65.7 Å². The third kappa shape index (κ3) is 3.41. The number of rotatable bonds is 5. The van der Waals surface area contributed by atoms with E-state index in [-0.39, 0.29) is 5.82 Å². The van der Waals surface area contributed by atoms with E-state index in [0.717, 1.165) is 16.9 Å². The number of hydrogen-bond donors (Lipinski definition) is 1. The summed E-state index contributed by atoms with van der Waals surface area (Å²) in [5.41, 5.74) is 3.34. The van der Waals surface area contributed by atoms with Crippen molar-refractivity contribution in [3.8, 4) is 5.75 Å². The molecule has 27 heavy (non-hydrogen) atoms. The van der Waals surface area contributed by atoms with Gasteiger partial charge in [0, 0.05) is 0 Å². The van der Waals surface area contributed by atoms with Crippen molar-refractivity contribution in [2.45, 2.75) is 13.5 Å². The number of anilines is 2. The zero-order valence-corrected chi connectivity index (χ0v) is 14.8. The second-order valence-corrected chi connectivity index (χ2v) is 6.10. The number of halogens is 1. The van der Waals surface area contributed by atoms with E-state index in [4.69, 9.17) is 4.74 Å². The highest BCUT2D eigenvalue weighted by Gasteiger charge is 2.13. The van der Waals surface area contributed by atoms with Gasteiger partial charge in [-0.15, -0.1) is 5.10 Å². The van der Waals surface area contributed by atoms with Crippen molar-refractivity contribution in [1.82, 2.24) is 25.0 Å². The molecule has 0 aliphatic heterocycles. The fourth-order valence-corrected chi connectivity index (χ4v) is 2.76. The van der Waals surface area contributed by atoms with Crippen molar-refractivity contribution in [3.63, 3.8) is 0 Å². The van der Waals surface area contributed by atoms with Crippen LogP contribution in [0.3, 0.4) is 0 Å². The van der Waals surface area contributed by atoms with Gasteiger partial charge in [0.15, 0.2) is 17.0 Å². The molecular formula is C19H17FN6O. The normalized spacial score (nSPS) is 10.9. The van der Waals surface area contributed by atoms with Crippen LogP contribution in [-0.2, 0) is 6.54 Å². The van der Waals surface area contributed by atoms with Gasteiger partial charge in [-0.1, -0.05) is 23.4 Å². The lowest BCUT2D eigenvalue weighted by Crippen LogP contribution is -2.03. The summed E-state index contributed by atoms with van der Waals surface area (Å²) in [6.07, 6.45) is 1.41. The molecule has 7 nitrogen and oxygen atoms in total. The van der Waals surface area contributed by atoms with Crippen LogP contribution < -0.4 is 10.1 Å². The van der Waals surface area contributed by atoms with E-state index >= 15 is 0 Å². The van der Waals surface area contributed by atoms with Crippen LogP contribution in [0.2, 0.25) is 0 Å². The number of nitrogens with one attached hydrogen (secondary N) is 1. The molecule has 0 fully saturated rings. The number of aromatic nitrogens is 5. The van der Waals surface area contributed by atoms with Gasteiger partial charge in [-0.3, -0.25) is 0 Å². The van der Waals surface area contributed by atoms with Crippen LogP contribution in [0.15, 0.2) is 48.8 Å². The number of hydrogen-bond acceptors (Lipinski definition) is 6. The van der Waals surface area contributed by atoms with Crippen molar-refractivity contribution < 1.29 is 9.13 Å². The van der Waals surface area contributed by atoms with Crippen LogP contribution in [0.25, 0.3) is 11.2 Å². The third-order valence-electron chi connectivity index (χ3n) is 4.17. The second kappa shape index (κ2) is 6.99. The number of methoxy groups -OCH3 is 1. The minimum Gasteiger partial charge on any atom is -0.497 e. The summed E-state index contributed by atoms with van der Waals surface area (Å²) in [6.45, 7) is 2.39. The number of nitrogens with zero attached hydrogens (tertiary/aromatic N) is 5. The quantitative estimate of drug-likeness (QED) is 0.584. The highest BCUT2D eigenvalue weighted by Crippen LogP contribution is 2.24. The van der Waals surface area contributed by atoms with E-state index in [1.807, 2.05) is 31.2 Å². The van der Waals surface area contributed by atoms with Crippen LogP contribution in [-0.4, -0.2) is 32.1 Å². The molecule has 0 radical (unpaired) electrons. The predicted molar refractivity (Wildman–Crippen MR) is 99.6 cm³/mol. The number of benzene rings is 2. The Morgan fingerprint density at radius 3 is 2.70 bits per heavy atom. The molecule has 0 aliphatic carbocycles. The van der Waals surface area contributed by atoms with Crippen LogP contribution in [0.4, 0.5) is 15.9 Å². The van der Waals surface area contributed by atoms with Gasteiger partial charge in [0.1, 0.15) is 17.9 Å². The van der Waals surface area contributed by atoms with Crippen LogP contribution in [0.5, 0.6) is 5.75 Å². The lowest BCUT2D eigenvalue weighted by Gasteiger charge is -2.08. The highest BCUT2D eigenvalue weighted by atomic mass is 19.1. The first kappa shape index (κ1) is 16.9. The van der Waals surface area contributed by atoms with Gasteiger partial charge in [0.25, 0.3) is 0 Å². The number of ether oxygens (including phenoxy) is 1. The monoisotopic (exact) mass is 364 g/mol. The third-order valence-corrected chi connectivity index (χ3v) is 4.17. The van der Waals surface area contributed by atoms with E-state index in [0.29, 0.717) is 29.2 Å². The summed E-state index contributed by atoms with van der Waals surface area (Å²) in [5.74, 6) is 0.833. The fraction of sp³-hybridized carbons (Fsp3) is 0.158. The Hall–Kier alpha value is -3.55. The molecule has 0 unspecified atom stereocenters. The molecule has 0 aliphatic rings. The minimum absolute atomic E-state index is 0.333. The van der Waals surface area contributed by atoms with E-state index < -0.39 is 0 Å². The highest BCUT2D eigenvalue weighted by molar-refractivity contribution is 5.84. The predicted octanol–water partition coefficient (Wildman–Crippen LogP) is 3.47. The number of aryl methyl sites for hydroxylation is 1. The Kier molecular flexibility index (Phi) is 4.37. The zero-order chi connectivity index (χ0) is 18.8. The van der Waals surface area contributed by atoms with E-state index in [2.05, 4.69) is 25.6 Å². The largest absolute Gasteiger partial charge is 0.497 e. The van der Waals surface area contributed by atoms with Gasteiger partial charge < -0.3 is 10.1 Å². The maximum absolute atomic E-state index is 14.1. The minimum atomic E-state index is -0.363. The summed E-state index contributed by atoms with van der Waals surface area (Å²) in [5, 5.41) is 11.3. The van der Waals surface area contributed by atoms with Gasteiger partial charge in [0.05, 0.1) is 19.3 Å². The lowest BCUT2D eigenvalue weighted by atomic mass is 10.2. The summed E-state index contributed by atoms with van der Waals surface area (Å²) in [4.78, 5) is 8.48. The fourth-order valence-electron chi connectivity index (χ4n) is 2.76. The maximum Gasteiger partial charge on any atom is 0.184 e. The number of fused-ring (bicyclic) bond motifs is 1. The summed E-state index contributed by atoms with van der Waals surface area (Å²) in [7, 11) is 1.63. The van der Waals surface area contributed by atoms with Crippen LogP contribution in [0, 0.1) is 12.7 Å². The van der Waals surface area contributed by atoms with Crippen molar-refractivity contribution in [2.24, 2.45) is 0 Å². The first-order valence-corrected chi connectivity index (χ1v) is 8.34. The van der Waals surface area contributed by atoms with E-state index in [1.165, 1.54) is 12.4 Å². The maximum atomic E-state index is 14.1. The summed E-state index contributed by atoms with van der Waals surface area (Å²) >= 11 is 0. The molecule has 4 rings (SSSR count). The molecule has 1 N–H and O–H groups in total. The van der Waals surface area contributed by atoms with Crippen molar-refractivity contribution >= 4 is 22.7 Å². The Labute approximate surface area is 154 Å². The molecule has 8 heteroatoms. The Morgan fingerprint density at radius 2 is 1.93 bits per heavy atom. The Bertz CT molecular complexity index is 1090. The average Bonchev–Trinajstić information content (AvgIpc) is 3.09. The lowest BCUT2D eigenvalue weighted by molar-refractivity contribution is 0.414.